The van der Waals surface area contributed by atoms with Crippen molar-refractivity contribution < 1.29 is 44.1 Å². The fraction of sp³-hybridized carbons (Fsp3) is 0.400. The van der Waals surface area contributed by atoms with Crippen LogP contribution in [0.2, 0.25) is 0 Å². The number of phenolic OH excluding ortho intramolecular Hbond substituents is 1. The van der Waals surface area contributed by atoms with E-state index in [-0.39, 0.29) is 12.2 Å². The van der Waals surface area contributed by atoms with Crippen LogP contribution in [0.5, 0.6) is 5.75 Å². The maximum atomic E-state index is 12.9. The average molecular weight is 481 g/mol. The van der Waals surface area contributed by atoms with Crippen LogP contribution >= 0.6 is 0 Å². The number of aliphatic carboxylic acids is 2. The number of carbonyl (C=O) groups excluding carboxylic acids is 4. The molecule has 0 aliphatic carbocycles. The largest absolute Gasteiger partial charge is 0.508 e. The van der Waals surface area contributed by atoms with Gasteiger partial charge in [0.2, 0.25) is 23.6 Å². The Hall–Kier alpha value is -4.20. The number of amides is 4. The topological polar surface area (TPSA) is 251 Å². The summed E-state index contributed by atoms with van der Waals surface area (Å²) in [5.74, 6) is -6.63. The number of aromatic hydroxyl groups is 1. The van der Waals surface area contributed by atoms with Gasteiger partial charge >= 0.3 is 11.9 Å². The number of hydrogen-bond acceptors (Lipinski definition) is 8. The number of benzene rings is 1. The van der Waals surface area contributed by atoms with Gasteiger partial charge in [0.15, 0.2) is 0 Å². The van der Waals surface area contributed by atoms with Crippen LogP contribution in [0.25, 0.3) is 0 Å². The molecule has 0 bridgehead atoms. The molecule has 0 saturated heterocycles. The summed E-state index contributed by atoms with van der Waals surface area (Å²) in [6.45, 7) is 1.17. The summed E-state index contributed by atoms with van der Waals surface area (Å²) in [6, 6.07) is -0.161. The van der Waals surface area contributed by atoms with E-state index in [0.717, 1.165) is 0 Å². The Morgan fingerprint density at radius 2 is 1.38 bits per heavy atom. The first-order chi connectivity index (χ1) is 15.8. The fourth-order valence-electron chi connectivity index (χ4n) is 2.70. The zero-order valence-electron chi connectivity index (χ0n) is 18.2. The van der Waals surface area contributed by atoms with E-state index in [0.29, 0.717) is 5.56 Å². The van der Waals surface area contributed by atoms with Crippen molar-refractivity contribution in [3.8, 4) is 5.75 Å². The molecule has 1 aromatic rings. The highest BCUT2D eigenvalue weighted by atomic mass is 16.4. The van der Waals surface area contributed by atoms with Crippen molar-refractivity contribution in [2.24, 2.45) is 11.5 Å². The Labute approximate surface area is 193 Å². The maximum absolute atomic E-state index is 12.9. The third kappa shape index (κ3) is 9.52. The minimum absolute atomic E-state index is 0.0528. The second-order valence-corrected chi connectivity index (χ2v) is 7.44. The lowest BCUT2D eigenvalue weighted by Crippen LogP contribution is -2.58. The van der Waals surface area contributed by atoms with Gasteiger partial charge in [0.25, 0.3) is 0 Å². The Kier molecular flexibility index (Phi) is 10.4. The Morgan fingerprint density at radius 3 is 1.88 bits per heavy atom. The van der Waals surface area contributed by atoms with E-state index >= 15 is 0 Å². The highest BCUT2D eigenvalue weighted by Crippen LogP contribution is 2.12. The van der Waals surface area contributed by atoms with E-state index < -0.39 is 72.6 Å². The van der Waals surface area contributed by atoms with Gasteiger partial charge in [0.05, 0.1) is 18.9 Å². The predicted molar refractivity (Wildman–Crippen MR) is 115 cm³/mol. The fourth-order valence-corrected chi connectivity index (χ4v) is 2.70. The normalized spacial score (nSPS) is 14.1. The summed E-state index contributed by atoms with van der Waals surface area (Å²) in [5, 5.41) is 33.8. The number of primary amides is 1. The molecule has 0 heterocycles. The van der Waals surface area contributed by atoms with Gasteiger partial charge in [0.1, 0.15) is 23.9 Å². The second kappa shape index (κ2) is 12.7. The highest BCUT2D eigenvalue weighted by Gasteiger charge is 2.30. The summed E-state index contributed by atoms with van der Waals surface area (Å²) in [4.78, 5) is 70.8. The quantitative estimate of drug-likeness (QED) is 0.143. The van der Waals surface area contributed by atoms with E-state index in [1.165, 1.54) is 31.2 Å². The van der Waals surface area contributed by atoms with Crippen molar-refractivity contribution >= 4 is 35.6 Å². The lowest BCUT2D eigenvalue weighted by Gasteiger charge is -2.24. The Morgan fingerprint density at radius 1 is 0.853 bits per heavy atom. The van der Waals surface area contributed by atoms with Crippen LogP contribution in [0.1, 0.15) is 25.3 Å². The molecule has 4 unspecified atom stereocenters. The third-order valence-corrected chi connectivity index (χ3v) is 4.51. The van der Waals surface area contributed by atoms with Crippen LogP contribution in [0, 0.1) is 0 Å². The number of hydrogen-bond donors (Lipinski definition) is 8. The molecular formula is C20H27N5O9. The highest BCUT2D eigenvalue weighted by molar-refractivity contribution is 5.96. The Balaban J connectivity index is 3.11. The number of rotatable bonds is 13. The molecule has 10 N–H and O–H groups in total. The van der Waals surface area contributed by atoms with Gasteiger partial charge in [-0.05, 0) is 24.6 Å². The summed E-state index contributed by atoms with van der Waals surface area (Å²) in [5.41, 5.74) is 11.1. The van der Waals surface area contributed by atoms with Crippen molar-refractivity contribution in [1.82, 2.24) is 16.0 Å². The van der Waals surface area contributed by atoms with Crippen LogP contribution in [0.3, 0.4) is 0 Å². The zero-order chi connectivity index (χ0) is 26.0. The SMILES string of the molecule is CC(NC(=O)C(CC(N)=O)NC(=O)C(Cc1ccc(O)cc1)NC(=O)C(N)CC(=O)O)C(=O)O. The monoisotopic (exact) mass is 481 g/mol. The zero-order valence-corrected chi connectivity index (χ0v) is 18.2. The molecule has 0 aliphatic rings. The van der Waals surface area contributed by atoms with E-state index in [1.807, 2.05) is 0 Å². The molecule has 0 saturated carbocycles. The van der Waals surface area contributed by atoms with Crippen LogP contribution < -0.4 is 27.4 Å². The maximum Gasteiger partial charge on any atom is 0.325 e. The molecule has 34 heavy (non-hydrogen) atoms. The van der Waals surface area contributed by atoms with Crippen molar-refractivity contribution in [2.45, 2.75) is 50.4 Å². The van der Waals surface area contributed by atoms with Crippen molar-refractivity contribution in [2.75, 3.05) is 0 Å². The number of nitrogens with one attached hydrogen (secondary N) is 3. The molecular weight excluding hydrogens is 454 g/mol. The number of phenols is 1. The van der Waals surface area contributed by atoms with Gasteiger partial charge in [-0.25, -0.2) is 0 Å². The lowest BCUT2D eigenvalue weighted by molar-refractivity contribution is -0.142. The summed E-state index contributed by atoms with van der Waals surface area (Å²) in [7, 11) is 0. The van der Waals surface area contributed by atoms with Crippen molar-refractivity contribution in [3.05, 3.63) is 29.8 Å². The number of carboxylic acids is 2. The van der Waals surface area contributed by atoms with Crippen LogP contribution in [0.4, 0.5) is 0 Å². The van der Waals surface area contributed by atoms with Crippen LogP contribution in [0.15, 0.2) is 24.3 Å². The van der Waals surface area contributed by atoms with E-state index in [1.54, 1.807) is 0 Å². The molecule has 0 radical (unpaired) electrons. The van der Waals surface area contributed by atoms with E-state index in [2.05, 4.69) is 16.0 Å². The number of carbonyl (C=O) groups is 6. The van der Waals surface area contributed by atoms with Crippen LogP contribution in [-0.4, -0.2) is 75.1 Å². The predicted octanol–water partition coefficient (Wildman–Crippen LogP) is -2.83. The van der Waals surface area contributed by atoms with Crippen LogP contribution in [-0.2, 0) is 35.2 Å². The minimum Gasteiger partial charge on any atom is -0.508 e. The molecule has 0 aromatic heterocycles. The third-order valence-electron chi connectivity index (χ3n) is 4.51. The molecule has 0 fully saturated rings. The van der Waals surface area contributed by atoms with E-state index in [4.69, 9.17) is 21.7 Å². The molecule has 14 nitrogen and oxygen atoms in total. The molecule has 4 atom stereocenters. The molecule has 0 spiro atoms. The molecule has 1 rings (SSSR count). The standard InChI is InChI=1S/C20H27N5O9/c1-9(20(33)34)23-18(31)14(8-15(22)27)25-19(32)13(6-10-2-4-11(26)5-3-10)24-17(30)12(21)7-16(28)29/h2-5,9,12-14,26H,6-8,21H2,1H3,(H2,22,27)(H,23,31)(H,24,30)(H,25,32)(H,28,29)(H,33,34). The minimum atomic E-state index is -1.56. The first kappa shape index (κ1) is 27.8. The van der Waals surface area contributed by atoms with Gasteiger partial charge in [-0.3, -0.25) is 28.8 Å². The molecule has 1 aromatic carbocycles. The second-order valence-electron chi connectivity index (χ2n) is 7.44. The summed E-state index contributed by atoms with van der Waals surface area (Å²) in [6.07, 6.45) is -1.53. The summed E-state index contributed by atoms with van der Waals surface area (Å²) < 4.78 is 0. The lowest BCUT2D eigenvalue weighted by atomic mass is 10.0. The van der Waals surface area contributed by atoms with Gasteiger partial charge in [0, 0.05) is 6.42 Å². The molecule has 14 heteroatoms. The van der Waals surface area contributed by atoms with Gasteiger partial charge < -0.3 is 42.7 Å². The summed E-state index contributed by atoms with van der Waals surface area (Å²) >= 11 is 0. The van der Waals surface area contributed by atoms with Crippen molar-refractivity contribution in [1.29, 1.82) is 0 Å². The van der Waals surface area contributed by atoms with E-state index in [9.17, 15) is 33.9 Å². The number of nitrogens with two attached hydrogens (primary N) is 2. The van der Waals surface area contributed by atoms with Gasteiger partial charge in [-0.15, -0.1) is 0 Å². The first-order valence-electron chi connectivity index (χ1n) is 9.97. The molecule has 4 amide bonds. The van der Waals surface area contributed by atoms with Gasteiger partial charge in [-0.1, -0.05) is 12.1 Å². The molecule has 0 aliphatic heterocycles. The molecule has 186 valence electrons. The number of carboxylic acid groups (broad SMARTS) is 2. The average Bonchev–Trinajstić information content (AvgIpc) is 2.73. The van der Waals surface area contributed by atoms with Crippen molar-refractivity contribution in [3.63, 3.8) is 0 Å². The first-order valence-corrected chi connectivity index (χ1v) is 9.97. The smallest absolute Gasteiger partial charge is 0.325 e. The Bertz CT molecular complexity index is 935. The van der Waals surface area contributed by atoms with Gasteiger partial charge in [-0.2, -0.15) is 0 Å².